The number of carbonyl (C=O) groups is 10. The Morgan fingerprint density at radius 2 is 0.552 bits per heavy atom. The summed E-state index contributed by atoms with van der Waals surface area (Å²) in [5, 5.41) is 2.42. The van der Waals surface area contributed by atoms with Gasteiger partial charge in [0, 0.05) is 132 Å². The number of ketones is 10. The van der Waals surface area contributed by atoms with Crippen LogP contribution in [0.4, 0.5) is 17.6 Å². The molecule has 18 heteroatoms. The van der Waals surface area contributed by atoms with Crippen LogP contribution in [0.5, 0.6) is 0 Å². The summed E-state index contributed by atoms with van der Waals surface area (Å²) in [4.78, 5) is 116. The first kappa shape index (κ1) is 128. The van der Waals surface area contributed by atoms with Gasteiger partial charge in [-0.2, -0.15) is 0 Å². The quantitative estimate of drug-likeness (QED) is 0.0354. The van der Waals surface area contributed by atoms with Crippen LogP contribution in [0.25, 0.3) is 0 Å². The van der Waals surface area contributed by atoms with E-state index in [1.807, 2.05) is 314 Å². The molecule has 11 aromatic carbocycles. The first-order valence-electron chi connectivity index (χ1n) is 49.6. The molecule has 0 spiro atoms. The first-order valence-corrected chi connectivity index (χ1v) is 51.1. The number of carbonyl (C=O) groups excluding carboxylic acids is 10. The summed E-state index contributed by atoms with van der Waals surface area (Å²) in [6, 6.07) is 86.0. The van der Waals surface area contributed by atoms with Gasteiger partial charge in [0.2, 0.25) is 0 Å². The fourth-order valence-corrected chi connectivity index (χ4v) is 14.5. The Balaban J connectivity index is 0.000000538. The molecule has 3 unspecified atom stereocenters. The van der Waals surface area contributed by atoms with E-state index in [1.54, 1.807) is 50.2 Å². The number of halogens is 8. The lowest BCUT2D eigenvalue weighted by atomic mass is 9.72. The zero-order chi connectivity index (χ0) is 108. The lowest BCUT2D eigenvalue weighted by Crippen LogP contribution is -2.33. The van der Waals surface area contributed by atoms with Crippen molar-refractivity contribution in [1.82, 2.24) is 0 Å². The number of hydrogen-bond acceptors (Lipinski definition) is 10. The van der Waals surface area contributed by atoms with Crippen molar-refractivity contribution in [2.75, 3.05) is 0 Å². The first-order chi connectivity index (χ1) is 67.1. The van der Waals surface area contributed by atoms with Crippen molar-refractivity contribution in [3.63, 3.8) is 0 Å². The minimum Gasteiger partial charge on any atom is -0.299 e. The van der Waals surface area contributed by atoms with Crippen LogP contribution >= 0.6 is 46.4 Å². The van der Waals surface area contributed by atoms with Crippen LogP contribution in [0.15, 0.2) is 285 Å². The van der Waals surface area contributed by atoms with Gasteiger partial charge in [-0.15, -0.1) is 0 Å². The lowest BCUT2D eigenvalue weighted by Gasteiger charge is -2.31. The highest BCUT2D eigenvalue weighted by molar-refractivity contribution is 6.42. The van der Waals surface area contributed by atoms with Crippen LogP contribution in [0.1, 0.15) is 253 Å². The van der Waals surface area contributed by atoms with E-state index in [-0.39, 0.29) is 147 Å². The molecule has 0 N–H and O–H groups in total. The molecule has 10 nitrogen and oxygen atoms in total. The molecule has 0 bridgehead atoms. The van der Waals surface area contributed by atoms with Crippen LogP contribution in [0.2, 0.25) is 20.1 Å². The maximum atomic E-state index is 12.7. The highest BCUT2D eigenvalue weighted by atomic mass is 35.5. The van der Waals surface area contributed by atoms with Crippen molar-refractivity contribution in [2.45, 2.75) is 243 Å². The summed E-state index contributed by atoms with van der Waals surface area (Å²) >= 11 is 23.1. The van der Waals surface area contributed by atoms with E-state index in [0.29, 0.717) is 75.1 Å². The van der Waals surface area contributed by atoms with Gasteiger partial charge in [0.15, 0.2) is 0 Å². The maximum absolute atomic E-state index is 12.7. The Hall–Kier alpha value is -11.0. The second-order valence-corrected chi connectivity index (χ2v) is 41.6. The second kappa shape index (κ2) is 68.3. The van der Waals surface area contributed by atoms with Gasteiger partial charge in [-0.05, 0) is 159 Å². The highest BCUT2D eigenvalue weighted by Gasteiger charge is 2.33. The molecule has 11 rings (SSSR count). The Morgan fingerprint density at radius 1 is 0.245 bits per heavy atom. The highest BCUT2D eigenvalue weighted by Crippen LogP contribution is 2.34. The molecule has 770 valence electrons. The lowest BCUT2D eigenvalue weighted by molar-refractivity contribution is -0.129. The molecule has 0 radical (unpaired) electrons. The van der Waals surface area contributed by atoms with Gasteiger partial charge in [0.05, 0.1) is 16.0 Å². The van der Waals surface area contributed by atoms with E-state index in [0.717, 1.165) is 69.8 Å². The third-order valence-electron chi connectivity index (χ3n) is 23.0. The molecule has 0 aliphatic carbocycles. The summed E-state index contributed by atoms with van der Waals surface area (Å²) in [7, 11) is 0. The molecule has 0 heterocycles. The van der Waals surface area contributed by atoms with Crippen molar-refractivity contribution in [1.29, 1.82) is 0 Å². The van der Waals surface area contributed by atoms with Crippen LogP contribution in [0, 0.1) is 99.7 Å². The normalized spacial score (nSPS) is 11.4. The van der Waals surface area contributed by atoms with Gasteiger partial charge < -0.3 is 0 Å². The Kier molecular flexibility index (Phi) is 61.2. The molecular weight excluding hydrogens is 1880 g/mol. The summed E-state index contributed by atoms with van der Waals surface area (Å²) in [5.41, 5.74) is 10.8. The third-order valence-corrected chi connectivity index (χ3v) is 24.2. The van der Waals surface area contributed by atoms with E-state index < -0.39 is 11.6 Å². The Morgan fingerprint density at radius 3 is 0.895 bits per heavy atom. The molecule has 0 amide bonds. The van der Waals surface area contributed by atoms with Crippen LogP contribution in [-0.2, 0) is 99.3 Å². The van der Waals surface area contributed by atoms with Crippen molar-refractivity contribution >= 4 is 104 Å². The van der Waals surface area contributed by atoms with Gasteiger partial charge in [-0.3, -0.25) is 47.9 Å². The van der Waals surface area contributed by atoms with Crippen molar-refractivity contribution in [3.8, 4) is 0 Å². The summed E-state index contributed by atoms with van der Waals surface area (Å²) < 4.78 is 50.7. The summed E-state index contributed by atoms with van der Waals surface area (Å²) in [6.07, 6.45) is 4.83. The summed E-state index contributed by atoms with van der Waals surface area (Å²) in [6.45, 7) is 48.7. The van der Waals surface area contributed by atoms with Crippen LogP contribution in [0.3, 0.4) is 0 Å². The van der Waals surface area contributed by atoms with Crippen molar-refractivity contribution in [3.05, 3.63) is 390 Å². The number of hydrogen-bond donors (Lipinski definition) is 0. The average molecular weight is 2030 g/mol. The summed E-state index contributed by atoms with van der Waals surface area (Å²) in [5.74, 6) is 1.37. The van der Waals surface area contributed by atoms with Gasteiger partial charge in [0.1, 0.15) is 81.1 Å². The SMILES string of the molecule is CC(C)C(=O)C(C)Cc1ccccc1.CC(C)C(=O)C(Cc1ccccc1)C(C)(C)C.CC(C)C(=O)C(c1ccccc1)c1ccccc1.CC(C)C(=O)Cc1cc(F)cc(F)c1.CC(C)C(=O)Cc1ccc(Cl)c(Cl)c1.CC(C)C(=O)Cc1ccc(Cl)cc1.CC(C)C(=O)Cc1ccc(F)cc1.CC(C)C(=O)Cc1cccc(Cl)c1.CC(C)C(=O)Cc1cccc(F)c1.CCC(C(=O)C(C)C)c1ccccc1. The predicted octanol–water partition coefficient (Wildman–Crippen LogP) is 32.6. The van der Waals surface area contributed by atoms with E-state index >= 15 is 0 Å². The zero-order valence-corrected chi connectivity index (χ0v) is 91.7. The number of benzene rings is 11. The van der Waals surface area contributed by atoms with Gasteiger partial charge in [-0.1, -0.05) is 426 Å². The molecule has 11 aromatic rings. The molecular formula is C125H154Cl4F4O10. The van der Waals surface area contributed by atoms with Crippen molar-refractivity contribution < 1.29 is 65.5 Å². The molecule has 0 fully saturated rings. The topological polar surface area (TPSA) is 171 Å². The molecule has 0 aromatic heterocycles. The average Bonchev–Trinajstić information content (AvgIpc) is 0.825. The largest absolute Gasteiger partial charge is 0.299 e. The van der Waals surface area contributed by atoms with E-state index in [4.69, 9.17) is 46.4 Å². The molecule has 0 aliphatic rings. The Bertz CT molecular complexity index is 5430. The monoisotopic (exact) mass is 2030 g/mol. The molecule has 0 saturated heterocycles. The predicted molar refractivity (Wildman–Crippen MR) is 586 cm³/mol. The van der Waals surface area contributed by atoms with E-state index in [1.165, 1.54) is 47.5 Å². The smallest absolute Gasteiger partial charge is 0.147 e. The molecule has 0 aliphatic heterocycles. The molecule has 0 saturated carbocycles. The maximum Gasteiger partial charge on any atom is 0.147 e. The van der Waals surface area contributed by atoms with Crippen molar-refractivity contribution in [2.24, 2.45) is 76.4 Å². The Labute approximate surface area is 872 Å². The second-order valence-electron chi connectivity index (χ2n) is 39.9. The van der Waals surface area contributed by atoms with Gasteiger partial charge in [-0.25, -0.2) is 17.6 Å². The van der Waals surface area contributed by atoms with Crippen LogP contribution in [-0.4, -0.2) is 57.8 Å². The van der Waals surface area contributed by atoms with Gasteiger partial charge in [0.25, 0.3) is 0 Å². The molecule has 3 atom stereocenters. The van der Waals surface area contributed by atoms with Gasteiger partial charge >= 0.3 is 0 Å². The molecule has 143 heavy (non-hydrogen) atoms. The number of Topliss-reactive ketones (excluding diaryl/α,β-unsaturated/α-hetero) is 10. The minimum atomic E-state index is -0.642. The fraction of sp³-hybridized carbons (Fsp3) is 0.392. The van der Waals surface area contributed by atoms with E-state index in [2.05, 4.69) is 52.0 Å². The van der Waals surface area contributed by atoms with Crippen LogP contribution < -0.4 is 0 Å². The van der Waals surface area contributed by atoms with E-state index in [9.17, 15) is 65.5 Å². The third kappa shape index (κ3) is 53.4. The minimum absolute atomic E-state index is 0.0169. The standard InChI is InChI=1S/C17H18O.C16H24O.2C13H18O.C11H12Cl2O.2C11H13ClO.C11H12F2O.2C11H13FO/c1-13(2)17(18)16(14-9-5-3-6-10-14)15-11-7-4-8-12-15;1-12(2)15(17)14(16(3,4)5)11-13-9-7-6-8-10-13;1-10(2)13(14)11(3)9-12-7-5-4-6-8-12;1-4-12(13(14)10(2)3)11-8-6-5-7-9-11;1-7(2)11(14)6-8-3-4-9(12)10(13)5-8;1-8(2)11(13)7-9-3-5-10(12)6-4-9;1-8(2)11(13)7-9-4-3-5-10(12)6-9;1-7(2)11(14)5-8-3-9(12)6-10(13)4-8;1-8(2)11(13)7-9-3-5-10(12)6-4-9;1-8(2)11(13)7-9-4-3-5-10(12)6-9/h3-13,16H,1-2H3;6-10,12,14H,11H2,1-5H3;4-8,10-11H,9H2,1-3H3;5-10,12H,4H2,1-3H3;3-5,7H,6H2,1-2H3;2*3-6,8H,7H2,1-2H3;3-4,6-7H,5H2,1-2H3;2*3-6,8H,7H2,1-2H3. The number of rotatable bonds is 34. The fourth-order valence-electron chi connectivity index (χ4n) is 13.8. The zero-order valence-electron chi connectivity index (χ0n) is 88.7.